The molecular formula is C24H18ClNO3. The first kappa shape index (κ1) is 19.0. The predicted octanol–water partition coefficient (Wildman–Crippen LogP) is 5.07. The first-order chi connectivity index (χ1) is 14.0. The second kappa shape index (κ2) is 7.94. The number of benzene rings is 4. The van der Waals surface area contributed by atoms with E-state index in [1.54, 1.807) is 24.3 Å². The highest BCUT2D eigenvalue weighted by Gasteiger charge is 2.23. The van der Waals surface area contributed by atoms with Crippen LogP contribution in [0.25, 0.3) is 21.5 Å². The lowest BCUT2D eigenvalue weighted by Gasteiger charge is -2.17. The highest BCUT2D eigenvalue weighted by Crippen LogP contribution is 2.28. The summed E-state index contributed by atoms with van der Waals surface area (Å²) in [5, 5.41) is 16.4. The van der Waals surface area contributed by atoms with E-state index in [0.717, 1.165) is 27.1 Å². The number of carboxylic acids is 1. The Labute approximate surface area is 172 Å². The number of aliphatic carboxylic acids is 1. The second-order valence-electron chi connectivity index (χ2n) is 6.89. The number of hydrogen-bond acceptors (Lipinski definition) is 2. The van der Waals surface area contributed by atoms with Gasteiger partial charge in [0.15, 0.2) is 0 Å². The zero-order valence-electron chi connectivity index (χ0n) is 15.4. The van der Waals surface area contributed by atoms with E-state index >= 15 is 0 Å². The van der Waals surface area contributed by atoms with Crippen LogP contribution < -0.4 is 5.32 Å². The molecule has 0 fully saturated rings. The fourth-order valence-electron chi connectivity index (χ4n) is 3.55. The molecule has 5 heteroatoms. The molecule has 0 saturated carbocycles. The molecule has 4 nitrogen and oxygen atoms in total. The largest absolute Gasteiger partial charge is 0.480 e. The first-order valence-electron chi connectivity index (χ1n) is 9.21. The number of amides is 1. The third-order valence-corrected chi connectivity index (χ3v) is 5.21. The van der Waals surface area contributed by atoms with Crippen LogP contribution in [0.1, 0.15) is 15.9 Å². The molecule has 0 saturated heterocycles. The molecule has 0 spiro atoms. The fraction of sp³-hybridized carbons (Fsp3) is 0.0833. The van der Waals surface area contributed by atoms with Crippen LogP contribution in [0.4, 0.5) is 0 Å². The second-order valence-corrected chi connectivity index (χ2v) is 7.33. The minimum atomic E-state index is -1.09. The Morgan fingerprint density at radius 3 is 1.97 bits per heavy atom. The van der Waals surface area contributed by atoms with E-state index in [9.17, 15) is 14.7 Å². The van der Waals surface area contributed by atoms with Gasteiger partial charge in [0.2, 0.25) is 0 Å². The van der Waals surface area contributed by atoms with Gasteiger partial charge in [0, 0.05) is 11.4 Å². The van der Waals surface area contributed by atoms with E-state index in [2.05, 4.69) is 5.32 Å². The lowest BCUT2D eigenvalue weighted by molar-refractivity contribution is -0.139. The molecule has 4 aromatic carbocycles. The lowest BCUT2D eigenvalue weighted by Crippen LogP contribution is -2.42. The van der Waals surface area contributed by atoms with E-state index in [1.165, 1.54) is 0 Å². The van der Waals surface area contributed by atoms with Gasteiger partial charge in [0.25, 0.3) is 5.91 Å². The van der Waals surface area contributed by atoms with Crippen molar-refractivity contribution >= 4 is 45.0 Å². The van der Waals surface area contributed by atoms with E-state index in [-0.39, 0.29) is 6.42 Å². The van der Waals surface area contributed by atoms with E-state index in [1.807, 2.05) is 54.6 Å². The first-order valence-corrected chi connectivity index (χ1v) is 9.59. The summed E-state index contributed by atoms with van der Waals surface area (Å²) < 4.78 is 0. The highest BCUT2D eigenvalue weighted by molar-refractivity contribution is 6.30. The van der Waals surface area contributed by atoms with Gasteiger partial charge in [-0.3, -0.25) is 4.79 Å². The van der Waals surface area contributed by atoms with E-state index in [0.29, 0.717) is 10.6 Å². The number of fused-ring (bicyclic) bond motifs is 2. The van der Waals surface area contributed by atoms with Gasteiger partial charge in [-0.05, 0) is 45.3 Å². The number of hydrogen-bond donors (Lipinski definition) is 2. The summed E-state index contributed by atoms with van der Waals surface area (Å²) in [7, 11) is 0. The maximum atomic E-state index is 13.2. The Balaban J connectivity index is 1.73. The molecular weight excluding hydrogens is 386 g/mol. The maximum absolute atomic E-state index is 13.2. The van der Waals surface area contributed by atoms with Gasteiger partial charge < -0.3 is 10.4 Å². The SMILES string of the molecule is O=C(N[C@H](Cc1ccc(Cl)cc1)C(=O)O)c1c2ccccc2cc2ccccc12. The summed E-state index contributed by atoms with van der Waals surface area (Å²) in [6, 6.07) is 23.1. The van der Waals surface area contributed by atoms with Crippen LogP contribution in [0.5, 0.6) is 0 Å². The van der Waals surface area contributed by atoms with Gasteiger partial charge in [-0.15, -0.1) is 0 Å². The van der Waals surface area contributed by atoms with Crippen LogP contribution in [0, 0.1) is 0 Å². The number of halogens is 1. The normalized spacial score (nSPS) is 12.0. The minimum Gasteiger partial charge on any atom is -0.480 e. The summed E-state index contributed by atoms with van der Waals surface area (Å²) in [4.78, 5) is 25.1. The molecule has 1 atom stereocenters. The molecule has 0 heterocycles. The Morgan fingerprint density at radius 1 is 0.862 bits per heavy atom. The molecule has 0 bridgehead atoms. The average Bonchev–Trinajstić information content (AvgIpc) is 2.72. The topological polar surface area (TPSA) is 66.4 Å². The van der Waals surface area contributed by atoms with Crippen molar-refractivity contribution in [2.75, 3.05) is 0 Å². The Hall–Kier alpha value is -3.37. The summed E-state index contributed by atoms with van der Waals surface area (Å²) >= 11 is 5.90. The summed E-state index contributed by atoms with van der Waals surface area (Å²) in [5.74, 6) is -1.49. The van der Waals surface area contributed by atoms with Gasteiger partial charge in [-0.1, -0.05) is 72.3 Å². The molecule has 0 aliphatic carbocycles. The molecule has 0 radical (unpaired) electrons. The average molecular weight is 404 g/mol. The fourth-order valence-corrected chi connectivity index (χ4v) is 3.67. The van der Waals surface area contributed by atoms with Crippen LogP contribution in [0.3, 0.4) is 0 Å². The molecule has 1 amide bonds. The van der Waals surface area contributed by atoms with Crippen molar-refractivity contribution in [1.29, 1.82) is 0 Å². The van der Waals surface area contributed by atoms with Crippen molar-refractivity contribution in [3.8, 4) is 0 Å². The number of carbonyl (C=O) groups is 2. The van der Waals surface area contributed by atoms with Crippen LogP contribution >= 0.6 is 11.6 Å². The molecule has 0 aliphatic heterocycles. The van der Waals surface area contributed by atoms with Crippen LogP contribution in [0.2, 0.25) is 5.02 Å². The Bertz CT molecular complexity index is 1160. The van der Waals surface area contributed by atoms with Crippen LogP contribution in [-0.4, -0.2) is 23.0 Å². The number of carboxylic acid groups (broad SMARTS) is 1. The summed E-state index contributed by atoms with van der Waals surface area (Å²) in [6.45, 7) is 0. The van der Waals surface area contributed by atoms with Gasteiger partial charge in [-0.25, -0.2) is 4.79 Å². The molecule has 0 unspecified atom stereocenters. The molecule has 0 aromatic heterocycles. The van der Waals surface area contributed by atoms with Crippen LogP contribution in [0.15, 0.2) is 78.9 Å². The van der Waals surface area contributed by atoms with Crippen molar-refractivity contribution < 1.29 is 14.7 Å². The number of carbonyl (C=O) groups excluding carboxylic acids is 1. The third kappa shape index (κ3) is 3.93. The summed E-state index contributed by atoms with van der Waals surface area (Å²) in [6.07, 6.45) is 0.168. The van der Waals surface area contributed by atoms with Crippen molar-refractivity contribution in [2.45, 2.75) is 12.5 Å². The number of rotatable bonds is 5. The molecule has 2 N–H and O–H groups in total. The summed E-state index contributed by atoms with van der Waals surface area (Å²) in [5.41, 5.74) is 1.27. The van der Waals surface area contributed by atoms with Crippen LogP contribution in [-0.2, 0) is 11.2 Å². The van der Waals surface area contributed by atoms with E-state index in [4.69, 9.17) is 11.6 Å². The van der Waals surface area contributed by atoms with Crippen molar-refractivity contribution in [1.82, 2.24) is 5.32 Å². The zero-order valence-corrected chi connectivity index (χ0v) is 16.2. The minimum absolute atomic E-state index is 0.168. The third-order valence-electron chi connectivity index (χ3n) is 4.95. The predicted molar refractivity (Wildman–Crippen MR) is 116 cm³/mol. The Kier molecular flexibility index (Phi) is 5.19. The highest BCUT2D eigenvalue weighted by atomic mass is 35.5. The monoisotopic (exact) mass is 403 g/mol. The van der Waals surface area contributed by atoms with Gasteiger partial charge in [0.1, 0.15) is 6.04 Å². The smallest absolute Gasteiger partial charge is 0.326 e. The van der Waals surface area contributed by atoms with Crippen molar-refractivity contribution in [3.05, 3.63) is 95.0 Å². The molecule has 4 aromatic rings. The zero-order chi connectivity index (χ0) is 20.4. The number of nitrogens with one attached hydrogen (secondary N) is 1. The van der Waals surface area contributed by atoms with E-state index < -0.39 is 17.9 Å². The van der Waals surface area contributed by atoms with Gasteiger partial charge >= 0.3 is 5.97 Å². The van der Waals surface area contributed by atoms with Gasteiger partial charge in [-0.2, -0.15) is 0 Å². The van der Waals surface area contributed by atoms with Crippen molar-refractivity contribution in [3.63, 3.8) is 0 Å². The molecule has 4 rings (SSSR count). The molecule has 0 aliphatic rings. The quantitative estimate of drug-likeness (QED) is 0.457. The lowest BCUT2D eigenvalue weighted by atomic mass is 9.96. The van der Waals surface area contributed by atoms with Crippen molar-refractivity contribution in [2.24, 2.45) is 0 Å². The molecule has 144 valence electrons. The Morgan fingerprint density at radius 2 is 1.41 bits per heavy atom. The van der Waals surface area contributed by atoms with Gasteiger partial charge in [0.05, 0.1) is 5.56 Å². The maximum Gasteiger partial charge on any atom is 0.326 e. The standard InChI is InChI=1S/C24H18ClNO3/c25-18-11-9-15(10-12-18)13-21(24(28)29)26-23(27)22-19-7-3-1-5-16(19)14-17-6-2-4-8-20(17)22/h1-12,14,21H,13H2,(H,26,27)(H,28,29)/t21-/m1/s1. The molecule has 29 heavy (non-hydrogen) atoms.